The number of halogens is 2. The second-order valence-electron chi connectivity index (χ2n) is 7.03. The van der Waals surface area contributed by atoms with Gasteiger partial charge in [-0.15, -0.1) is 0 Å². The summed E-state index contributed by atoms with van der Waals surface area (Å²) in [5, 5.41) is 5.38. The highest BCUT2D eigenvalue weighted by Gasteiger charge is 2.17. The molecule has 1 saturated heterocycles. The highest BCUT2D eigenvalue weighted by molar-refractivity contribution is 5.84. The number of anilines is 1. The van der Waals surface area contributed by atoms with Crippen molar-refractivity contribution in [2.24, 2.45) is 5.92 Å². The summed E-state index contributed by atoms with van der Waals surface area (Å²) in [4.78, 5) is 2.40. The molecule has 3 nitrogen and oxygen atoms in total. The molecule has 1 aliphatic heterocycles. The lowest BCUT2D eigenvalue weighted by Gasteiger charge is -2.32. The van der Waals surface area contributed by atoms with E-state index in [0.717, 1.165) is 29.9 Å². The largest absolute Gasteiger partial charge is 0.371 e. The van der Waals surface area contributed by atoms with Crippen LogP contribution in [0.25, 0.3) is 16.6 Å². The van der Waals surface area contributed by atoms with E-state index in [4.69, 9.17) is 0 Å². The fourth-order valence-electron chi connectivity index (χ4n) is 3.52. The Balaban J connectivity index is 1.71. The molecule has 0 N–H and O–H groups in total. The van der Waals surface area contributed by atoms with Gasteiger partial charge in [-0.3, -0.25) is 0 Å². The molecule has 4 rings (SSSR count). The summed E-state index contributed by atoms with van der Waals surface area (Å²) in [6, 6.07) is 9.02. The van der Waals surface area contributed by atoms with E-state index >= 15 is 0 Å². The first-order valence-electron chi connectivity index (χ1n) is 8.71. The predicted octanol–water partition coefficient (Wildman–Crippen LogP) is 4.85. The Morgan fingerprint density at radius 2 is 1.80 bits per heavy atom. The fraction of sp³-hybridized carbons (Fsp3) is 0.350. The van der Waals surface area contributed by atoms with E-state index in [9.17, 15) is 8.78 Å². The molecule has 1 aromatic heterocycles. The highest BCUT2D eigenvalue weighted by atomic mass is 19.2. The Kier molecular flexibility index (Phi) is 3.94. The van der Waals surface area contributed by atoms with Gasteiger partial charge in [-0.25, -0.2) is 13.5 Å². The molecule has 1 aliphatic rings. The number of aryl methyl sites for hydroxylation is 1. The summed E-state index contributed by atoms with van der Waals surface area (Å²) in [5.74, 6) is -0.862. The summed E-state index contributed by atoms with van der Waals surface area (Å²) in [5.41, 5.74) is 2.89. The summed E-state index contributed by atoms with van der Waals surface area (Å²) in [6.45, 7) is 6.00. The minimum absolute atomic E-state index is 0.276. The normalized spacial score (nSPS) is 15.9. The van der Waals surface area contributed by atoms with Crippen LogP contribution in [-0.2, 0) is 0 Å². The van der Waals surface area contributed by atoms with Gasteiger partial charge in [0.25, 0.3) is 0 Å². The van der Waals surface area contributed by atoms with Crippen LogP contribution in [0.5, 0.6) is 0 Å². The van der Waals surface area contributed by atoms with Crippen molar-refractivity contribution in [3.05, 3.63) is 53.7 Å². The number of rotatable bonds is 2. The summed E-state index contributed by atoms with van der Waals surface area (Å²) >= 11 is 0. The maximum Gasteiger partial charge on any atom is 0.161 e. The average molecular weight is 341 g/mol. The number of piperidine rings is 1. The molecule has 130 valence electrons. The van der Waals surface area contributed by atoms with Crippen molar-refractivity contribution < 1.29 is 8.78 Å². The molecule has 0 atom stereocenters. The zero-order chi connectivity index (χ0) is 17.6. The van der Waals surface area contributed by atoms with E-state index in [0.29, 0.717) is 5.69 Å². The van der Waals surface area contributed by atoms with Crippen molar-refractivity contribution in [2.45, 2.75) is 26.7 Å². The van der Waals surface area contributed by atoms with Crippen LogP contribution in [-0.4, -0.2) is 22.9 Å². The second kappa shape index (κ2) is 6.14. The molecular formula is C20H21F2N3. The van der Waals surface area contributed by atoms with Gasteiger partial charge >= 0.3 is 0 Å². The Morgan fingerprint density at radius 3 is 2.52 bits per heavy atom. The van der Waals surface area contributed by atoms with Gasteiger partial charge in [-0.05, 0) is 55.5 Å². The van der Waals surface area contributed by atoms with Crippen molar-refractivity contribution in [1.82, 2.24) is 9.78 Å². The lowest BCUT2D eigenvalue weighted by molar-refractivity contribution is 0.438. The number of aromatic nitrogens is 2. The SMILES string of the molecule is Cc1cc(-n2ncc3cc(N4CCC(C)CC4)ccc32)cc(F)c1F. The van der Waals surface area contributed by atoms with Crippen LogP contribution in [0.4, 0.5) is 14.5 Å². The van der Waals surface area contributed by atoms with E-state index in [1.54, 1.807) is 23.9 Å². The zero-order valence-corrected chi connectivity index (χ0v) is 14.5. The van der Waals surface area contributed by atoms with E-state index in [1.165, 1.54) is 24.6 Å². The van der Waals surface area contributed by atoms with Crippen molar-refractivity contribution in [3.8, 4) is 5.69 Å². The fourth-order valence-corrected chi connectivity index (χ4v) is 3.52. The molecule has 0 spiro atoms. The molecule has 0 radical (unpaired) electrons. The lowest BCUT2D eigenvalue weighted by Crippen LogP contribution is -2.32. The van der Waals surface area contributed by atoms with Crippen LogP contribution in [0.15, 0.2) is 36.5 Å². The van der Waals surface area contributed by atoms with Crippen LogP contribution in [0.3, 0.4) is 0 Å². The molecule has 25 heavy (non-hydrogen) atoms. The van der Waals surface area contributed by atoms with Crippen molar-refractivity contribution >= 4 is 16.6 Å². The molecule has 0 bridgehead atoms. The quantitative estimate of drug-likeness (QED) is 0.664. The first-order valence-corrected chi connectivity index (χ1v) is 8.71. The summed E-state index contributed by atoms with van der Waals surface area (Å²) in [6.07, 6.45) is 4.21. The van der Waals surface area contributed by atoms with Gasteiger partial charge in [0.15, 0.2) is 11.6 Å². The molecule has 0 aliphatic carbocycles. The van der Waals surface area contributed by atoms with Gasteiger partial charge in [0.05, 0.1) is 17.4 Å². The summed E-state index contributed by atoms with van der Waals surface area (Å²) < 4.78 is 28.9. The zero-order valence-electron chi connectivity index (χ0n) is 14.5. The van der Waals surface area contributed by atoms with E-state index in [1.807, 2.05) is 6.07 Å². The molecule has 2 heterocycles. The third-order valence-corrected chi connectivity index (χ3v) is 5.14. The molecule has 0 unspecified atom stereocenters. The maximum absolute atomic E-state index is 13.7. The number of hydrogen-bond donors (Lipinski definition) is 0. The first-order chi connectivity index (χ1) is 12.0. The van der Waals surface area contributed by atoms with Crippen LogP contribution in [0.1, 0.15) is 25.3 Å². The topological polar surface area (TPSA) is 21.1 Å². The molecule has 0 amide bonds. The minimum atomic E-state index is -0.849. The van der Waals surface area contributed by atoms with Crippen molar-refractivity contribution in [3.63, 3.8) is 0 Å². The summed E-state index contributed by atoms with van der Waals surface area (Å²) in [7, 11) is 0. The minimum Gasteiger partial charge on any atom is -0.371 e. The van der Waals surface area contributed by atoms with Crippen LogP contribution in [0, 0.1) is 24.5 Å². The molecule has 0 saturated carbocycles. The predicted molar refractivity (Wildman–Crippen MR) is 96.3 cm³/mol. The standard InChI is InChI=1S/C20H21F2N3/c1-13-5-7-24(8-6-13)16-3-4-19-15(10-16)12-23-25(19)17-9-14(2)20(22)18(21)11-17/h3-4,9-13H,5-8H2,1-2H3. The van der Waals surface area contributed by atoms with Gasteiger partial charge in [0.2, 0.25) is 0 Å². The monoisotopic (exact) mass is 341 g/mol. The lowest BCUT2D eigenvalue weighted by atomic mass is 9.99. The molecule has 5 heteroatoms. The third kappa shape index (κ3) is 2.88. The van der Waals surface area contributed by atoms with Gasteiger partial charge < -0.3 is 4.90 Å². The maximum atomic E-state index is 13.7. The number of fused-ring (bicyclic) bond motifs is 1. The third-order valence-electron chi connectivity index (χ3n) is 5.14. The van der Waals surface area contributed by atoms with Gasteiger partial charge in [-0.1, -0.05) is 6.92 Å². The van der Waals surface area contributed by atoms with Gasteiger partial charge in [0.1, 0.15) is 0 Å². The van der Waals surface area contributed by atoms with Crippen LogP contribution in [0.2, 0.25) is 0 Å². The molecule has 2 aromatic carbocycles. The number of nitrogens with zero attached hydrogens (tertiary/aromatic N) is 3. The molecule has 3 aromatic rings. The average Bonchev–Trinajstić information content (AvgIpc) is 3.03. The number of benzene rings is 2. The Morgan fingerprint density at radius 1 is 1.04 bits per heavy atom. The molecule has 1 fully saturated rings. The Labute approximate surface area is 145 Å². The highest BCUT2D eigenvalue weighted by Crippen LogP contribution is 2.28. The van der Waals surface area contributed by atoms with E-state index < -0.39 is 11.6 Å². The van der Waals surface area contributed by atoms with Crippen molar-refractivity contribution in [2.75, 3.05) is 18.0 Å². The molecular weight excluding hydrogens is 320 g/mol. The Hall–Kier alpha value is -2.43. The van der Waals surface area contributed by atoms with Crippen LogP contribution >= 0.6 is 0 Å². The first kappa shape index (κ1) is 16.1. The smallest absolute Gasteiger partial charge is 0.161 e. The second-order valence-corrected chi connectivity index (χ2v) is 7.03. The van der Waals surface area contributed by atoms with E-state index in [2.05, 4.69) is 29.1 Å². The van der Waals surface area contributed by atoms with E-state index in [-0.39, 0.29) is 5.56 Å². The van der Waals surface area contributed by atoms with Gasteiger partial charge in [0, 0.05) is 30.2 Å². The van der Waals surface area contributed by atoms with Crippen LogP contribution < -0.4 is 4.90 Å². The number of hydrogen-bond acceptors (Lipinski definition) is 2. The Bertz CT molecular complexity index is 901. The van der Waals surface area contributed by atoms with Crippen molar-refractivity contribution in [1.29, 1.82) is 0 Å². The van der Waals surface area contributed by atoms with Gasteiger partial charge in [-0.2, -0.15) is 5.10 Å².